The van der Waals surface area contributed by atoms with Gasteiger partial charge >= 0.3 is 0 Å². The molecule has 0 bridgehead atoms. The zero-order valence-electron chi connectivity index (χ0n) is 12.6. The smallest absolute Gasteiger partial charge is 0.110 e. The van der Waals surface area contributed by atoms with Crippen LogP contribution in [0.5, 0.6) is 0 Å². The van der Waals surface area contributed by atoms with Crippen LogP contribution in [0.1, 0.15) is 17.2 Å². The van der Waals surface area contributed by atoms with Crippen molar-refractivity contribution in [2.24, 2.45) is 5.92 Å². The van der Waals surface area contributed by atoms with Crippen LogP contribution in [0.3, 0.4) is 0 Å². The van der Waals surface area contributed by atoms with Crippen molar-refractivity contribution in [2.45, 2.75) is 18.8 Å². The van der Waals surface area contributed by atoms with Crippen LogP contribution in [0.15, 0.2) is 86.0 Å². The number of rotatable bonds is 8. The molecular weight excluding hydrogens is 272 g/mol. The van der Waals surface area contributed by atoms with E-state index >= 15 is 0 Å². The summed E-state index contributed by atoms with van der Waals surface area (Å²) < 4.78 is 6.02. The summed E-state index contributed by atoms with van der Waals surface area (Å²) in [6, 6.07) is 19.7. The van der Waals surface area contributed by atoms with Gasteiger partial charge in [0, 0.05) is 5.92 Å². The maximum Gasteiger partial charge on any atom is 0.110 e. The van der Waals surface area contributed by atoms with Gasteiger partial charge < -0.3 is 9.84 Å². The molecule has 0 aliphatic rings. The predicted octanol–water partition coefficient (Wildman–Crippen LogP) is 4.29. The van der Waals surface area contributed by atoms with E-state index in [1.54, 1.807) is 12.2 Å². The standard InChI is InChI=1S/C20H22O2/c1-3-17(4-2)19(21)20(18-13-9-6-10-14-18)22-15-16-11-7-5-8-12-16/h3-14,17,19-21H,1-2,15H2/t19-,20-/m1/s1. The Morgan fingerprint density at radius 1 is 0.909 bits per heavy atom. The van der Waals surface area contributed by atoms with Crippen molar-refractivity contribution in [2.75, 3.05) is 0 Å². The number of hydrogen-bond donors (Lipinski definition) is 1. The third-order valence-corrected chi connectivity index (χ3v) is 3.65. The van der Waals surface area contributed by atoms with Crippen LogP contribution in [0.2, 0.25) is 0 Å². The number of ether oxygens (including phenoxy) is 1. The highest BCUT2D eigenvalue weighted by Gasteiger charge is 2.26. The highest BCUT2D eigenvalue weighted by Crippen LogP contribution is 2.28. The molecular formula is C20H22O2. The SMILES string of the molecule is C=CC(C=C)[C@@H](O)[C@H](OCc1ccccc1)c1ccccc1. The number of aliphatic hydroxyl groups is 1. The molecule has 0 heterocycles. The van der Waals surface area contributed by atoms with Crippen molar-refractivity contribution < 1.29 is 9.84 Å². The molecule has 2 atom stereocenters. The summed E-state index contributed by atoms with van der Waals surface area (Å²) in [5, 5.41) is 10.6. The van der Waals surface area contributed by atoms with Gasteiger partial charge in [-0.15, -0.1) is 13.2 Å². The molecule has 2 nitrogen and oxygen atoms in total. The molecule has 0 spiro atoms. The van der Waals surface area contributed by atoms with Crippen LogP contribution in [-0.4, -0.2) is 11.2 Å². The van der Waals surface area contributed by atoms with Gasteiger partial charge in [-0.25, -0.2) is 0 Å². The first-order valence-corrected chi connectivity index (χ1v) is 7.40. The summed E-state index contributed by atoms with van der Waals surface area (Å²) >= 11 is 0. The molecule has 1 N–H and O–H groups in total. The van der Waals surface area contributed by atoms with E-state index < -0.39 is 12.2 Å². The summed E-state index contributed by atoms with van der Waals surface area (Å²) in [6.07, 6.45) is 2.24. The molecule has 0 radical (unpaired) electrons. The first-order valence-electron chi connectivity index (χ1n) is 7.40. The van der Waals surface area contributed by atoms with Gasteiger partial charge in [-0.1, -0.05) is 72.8 Å². The minimum Gasteiger partial charge on any atom is -0.389 e. The van der Waals surface area contributed by atoms with Gasteiger partial charge in [0.25, 0.3) is 0 Å². The Kier molecular flexibility index (Phi) is 6.13. The molecule has 0 aliphatic heterocycles. The zero-order valence-corrected chi connectivity index (χ0v) is 12.6. The Morgan fingerprint density at radius 2 is 1.45 bits per heavy atom. The summed E-state index contributed by atoms with van der Waals surface area (Å²) in [4.78, 5) is 0. The Balaban J connectivity index is 2.18. The van der Waals surface area contributed by atoms with Crippen molar-refractivity contribution in [3.8, 4) is 0 Å². The quantitative estimate of drug-likeness (QED) is 0.736. The van der Waals surface area contributed by atoms with Gasteiger partial charge in [0.05, 0.1) is 12.7 Å². The summed E-state index contributed by atoms with van der Waals surface area (Å²) in [5.41, 5.74) is 2.02. The summed E-state index contributed by atoms with van der Waals surface area (Å²) in [7, 11) is 0. The van der Waals surface area contributed by atoms with E-state index in [1.165, 1.54) is 0 Å². The largest absolute Gasteiger partial charge is 0.389 e. The maximum absolute atomic E-state index is 10.6. The van der Waals surface area contributed by atoms with E-state index in [9.17, 15) is 5.11 Å². The monoisotopic (exact) mass is 294 g/mol. The normalized spacial score (nSPS) is 13.5. The Morgan fingerprint density at radius 3 is 2.00 bits per heavy atom. The lowest BCUT2D eigenvalue weighted by Gasteiger charge is -2.27. The van der Waals surface area contributed by atoms with Crippen LogP contribution in [-0.2, 0) is 11.3 Å². The molecule has 0 fully saturated rings. The fourth-order valence-electron chi connectivity index (χ4n) is 2.37. The molecule has 114 valence electrons. The van der Waals surface area contributed by atoms with E-state index in [2.05, 4.69) is 13.2 Å². The van der Waals surface area contributed by atoms with Crippen LogP contribution >= 0.6 is 0 Å². The Labute approximate surface area is 132 Å². The summed E-state index contributed by atoms with van der Waals surface area (Å²) in [6.45, 7) is 7.96. The molecule has 22 heavy (non-hydrogen) atoms. The average molecular weight is 294 g/mol. The van der Waals surface area contributed by atoms with Gasteiger partial charge in [0.2, 0.25) is 0 Å². The first-order chi connectivity index (χ1) is 10.8. The molecule has 0 aromatic heterocycles. The zero-order chi connectivity index (χ0) is 15.8. The van der Waals surface area contributed by atoms with Crippen molar-refractivity contribution in [3.05, 3.63) is 97.1 Å². The van der Waals surface area contributed by atoms with Gasteiger partial charge in [0.1, 0.15) is 6.10 Å². The minimum atomic E-state index is -0.721. The number of benzene rings is 2. The van der Waals surface area contributed by atoms with Gasteiger partial charge in [-0.05, 0) is 11.1 Å². The van der Waals surface area contributed by atoms with Crippen molar-refractivity contribution in [3.63, 3.8) is 0 Å². The van der Waals surface area contributed by atoms with Gasteiger partial charge in [0.15, 0.2) is 0 Å². The topological polar surface area (TPSA) is 29.5 Å². The number of aliphatic hydroxyl groups excluding tert-OH is 1. The van der Waals surface area contributed by atoms with E-state index in [0.717, 1.165) is 11.1 Å². The fraction of sp³-hybridized carbons (Fsp3) is 0.200. The van der Waals surface area contributed by atoms with Crippen molar-refractivity contribution in [1.82, 2.24) is 0 Å². The lowest BCUT2D eigenvalue weighted by molar-refractivity contribution is -0.0576. The molecule has 0 unspecified atom stereocenters. The second kappa shape index (κ2) is 8.32. The van der Waals surface area contributed by atoms with Crippen molar-refractivity contribution >= 4 is 0 Å². The number of hydrogen-bond acceptors (Lipinski definition) is 2. The average Bonchev–Trinajstić information content (AvgIpc) is 2.58. The minimum absolute atomic E-state index is 0.221. The molecule has 0 saturated carbocycles. The summed E-state index contributed by atoms with van der Waals surface area (Å²) in [5.74, 6) is -0.221. The molecule has 0 amide bonds. The molecule has 2 heteroatoms. The second-order valence-electron chi connectivity index (χ2n) is 5.17. The molecule has 2 aromatic carbocycles. The van der Waals surface area contributed by atoms with E-state index in [0.29, 0.717) is 6.61 Å². The molecule has 2 aromatic rings. The Bertz CT molecular complexity index is 569. The Hall–Kier alpha value is -2.16. The van der Waals surface area contributed by atoms with Gasteiger partial charge in [-0.2, -0.15) is 0 Å². The van der Waals surface area contributed by atoms with Crippen LogP contribution in [0.25, 0.3) is 0 Å². The lowest BCUT2D eigenvalue weighted by Crippen LogP contribution is -2.27. The third kappa shape index (κ3) is 4.17. The third-order valence-electron chi connectivity index (χ3n) is 3.65. The molecule has 2 rings (SSSR count). The van der Waals surface area contributed by atoms with E-state index in [4.69, 9.17) is 4.74 Å². The highest BCUT2D eigenvalue weighted by molar-refractivity contribution is 5.21. The maximum atomic E-state index is 10.6. The van der Waals surface area contributed by atoms with E-state index in [1.807, 2.05) is 60.7 Å². The highest BCUT2D eigenvalue weighted by atomic mass is 16.5. The van der Waals surface area contributed by atoms with Crippen LogP contribution in [0.4, 0.5) is 0 Å². The van der Waals surface area contributed by atoms with Crippen LogP contribution < -0.4 is 0 Å². The lowest BCUT2D eigenvalue weighted by atomic mass is 9.93. The van der Waals surface area contributed by atoms with Gasteiger partial charge in [-0.3, -0.25) is 0 Å². The first kappa shape index (κ1) is 16.2. The van der Waals surface area contributed by atoms with Crippen molar-refractivity contribution in [1.29, 1.82) is 0 Å². The molecule has 0 saturated heterocycles. The fourth-order valence-corrected chi connectivity index (χ4v) is 2.37. The van der Waals surface area contributed by atoms with Crippen LogP contribution in [0, 0.1) is 5.92 Å². The van der Waals surface area contributed by atoms with E-state index in [-0.39, 0.29) is 5.92 Å². The predicted molar refractivity (Wildman–Crippen MR) is 90.3 cm³/mol. The second-order valence-corrected chi connectivity index (χ2v) is 5.17. The molecule has 0 aliphatic carbocycles.